The average Bonchev–Trinajstić information content (AvgIpc) is 3.38. The van der Waals surface area contributed by atoms with Crippen molar-refractivity contribution in [2.75, 3.05) is 43.5 Å². The fourth-order valence-electron chi connectivity index (χ4n) is 4.29. The minimum atomic E-state index is -0.131. The molecule has 0 radical (unpaired) electrons. The van der Waals surface area contributed by atoms with Crippen LogP contribution in [0.3, 0.4) is 0 Å². The molecule has 0 spiro atoms. The third kappa shape index (κ3) is 5.67. The highest BCUT2D eigenvalue weighted by atomic mass is 32.1. The molecule has 2 N–H and O–H groups in total. The summed E-state index contributed by atoms with van der Waals surface area (Å²) < 4.78 is 5.16. The lowest BCUT2D eigenvalue weighted by molar-refractivity contribution is 0.102. The van der Waals surface area contributed by atoms with Gasteiger partial charge in [0, 0.05) is 66.3 Å². The molecule has 2 aromatic carbocycles. The maximum atomic E-state index is 12.6. The van der Waals surface area contributed by atoms with Gasteiger partial charge in [-0.25, -0.2) is 0 Å². The minimum absolute atomic E-state index is 0.131. The molecule has 0 saturated carbocycles. The molecule has 184 valence electrons. The maximum Gasteiger partial charge on any atom is 0.255 e. The van der Waals surface area contributed by atoms with E-state index in [1.807, 2.05) is 48.5 Å². The highest BCUT2D eigenvalue weighted by Crippen LogP contribution is 2.28. The summed E-state index contributed by atoms with van der Waals surface area (Å²) in [4.78, 5) is 22.8. The van der Waals surface area contributed by atoms with Gasteiger partial charge in [-0.2, -0.15) is 0 Å². The Balaban J connectivity index is 1.13. The third-order valence-electron chi connectivity index (χ3n) is 6.31. The molecule has 0 unspecified atom stereocenters. The van der Waals surface area contributed by atoms with Crippen molar-refractivity contribution in [2.24, 2.45) is 0 Å². The van der Waals surface area contributed by atoms with E-state index in [0.717, 1.165) is 61.0 Å². The number of ether oxygens (including phenoxy) is 1. The summed E-state index contributed by atoms with van der Waals surface area (Å²) in [5.41, 5.74) is 4.52. The average molecular weight is 501 g/mol. The monoisotopic (exact) mass is 500 g/mol. The molecule has 1 aliphatic heterocycles. The van der Waals surface area contributed by atoms with Gasteiger partial charge in [-0.1, -0.05) is 0 Å². The Labute approximate surface area is 214 Å². The van der Waals surface area contributed by atoms with Crippen LogP contribution in [0.15, 0.2) is 78.4 Å². The Morgan fingerprint density at radius 3 is 2.44 bits per heavy atom. The minimum Gasteiger partial charge on any atom is -0.506 e. The van der Waals surface area contributed by atoms with Crippen molar-refractivity contribution in [3.05, 3.63) is 88.9 Å². The smallest absolute Gasteiger partial charge is 0.255 e. The number of benzene rings is 2. The zero-order valence-electron chi connectivity index (χ0n) is 20.1. The first-order valence-corrected chi connectivity index (χ1v) is 12.7. The number of hydrogen-bond donors (Lipinski definition) is 2. The summed E-state index contributed by atoms with van der Waals surface area (Å²) in [6.45, 7) is 4.73. The van der Waals surface area contributed by atoms with Gasteiger partial charge in [0.25, 0.3) is 5.91 Å². The fraction of sp³-hybridized carbons (Fsp3) is 0.214. The quantitative estimate of drug-likeness (QED) is 0.368. The molecule has 0 bridgehead atoms. The van der Waals surface area contributed by atoms with E-state index in [2.05, 4.69) is 31.5 Å². The Morgan fingerprint density at radius 2 is 1.75 bits per heavy atom. The van der Waals surface area contributed by atoms with Crippen molar-refractivity contribution in [3.63, 3.8) is 0 Å². The second-order valence-corrected chi connectivity index (χ2v) is 9.72. The van der Waals surface area contributed by atoms with E-state index in [0.29, 0.717) is 5.56 Å². The number of hydrogen-bond acceptors (Lipinski definition) is 7. The molecule has 0 aliphatic carbocycles. The number of aromatic nitrogens is 1. The number of aromatic hydroxyl groups is 1. The van der Waals surface area contributed by atoms with Gasteiger partial charge in [-0.15, -0.1) is 11.3 Å². The molecule has 8 heteroatoms. The van der Waals surface area contributed by atoms with Crippen LogP contribution in [0.5, 0.6) is 11.5 Å². The van der Waals surface area contributed by atoms with Crippen LogP contribution < -0.4 is 15.0 Å². The molecule has 5 rings (SSSR count). The Hall–Kier alpha value is -3.88. The van der Waals surface area contributed by atoms with E-state index in [4.69, 9.17) is 4.74 Å². The number of nitrogens with one attached hydrogen (secondary N) is 1. The first kappa shape index (κ1) is 23.8. The molecule has 0 atom stereocenters. The Morgan fingerprint density at radius 1 is 1.00 bits per heavy atom. The summed E-state index contributed by atoms with van der Waals surface area (Å²) in [5.74, 6) is 0.805. The van der Waals surface area contributed by atoms with Crippen LogP contribution in [0.2, 0.25) is 0 Å². The number of piperazine rings is 1. The molecule has 1 aliphatic rings. The van der Waals surface area contributed by atoms with Gasteiger partial charge < -0.3 is 20.1 Å². The van der Waals surface area contributed by atoms with Gasteiger partial charge in [0.1, 0.15) is 11.5 Å². The molecular formula is C28H28N4O3S. The SMILES string of the molecule is COc1ccc(NC(=O)c2ccc(N3CCN(Cc4cc(-c5cncc(O)c5)cs4)CC3)cc2)cc1. The van der Waals surface area contributed by atoms with Crippen molar-refractivity contribution in [1.29, 1.82) is 0 Å². The predicted molar refractivity (Wildman–Crippen MR) is 144 cm³/mol. The predicted octanol–water partition coefficient (Wildman–Crippen LogP) is 5.10. The van der Waals surface area contributed by atoms with Crippen molar-refractivity contribution in [3.8, 4) is 22.6 Å². The highest BCUT2D eigenvalue weighted by molar-refractivity contribution is 7.10. The second kappa shape index (κ2) is 10.8. The molecular weight excluding hydrogens is 472 g/mol. The number of carbonyl (C=O) groups excluding carboxylic acids is 1. The van der Waals surface area contributed by atoms with Crippen molar-refractivity contribution >= 4 is 28.6 Å². The van der Waals surface area contributed by atoms with Crippen molar-refractivity contribution < 1.29 is 14.6 Å². The first-order chi connectivity index (χ1) is 17.6. The lowest BCUT2D eigenvalue weighted by Gasteiger charge is -2.36. The van der Waals surface area contributed by atoms with Gasteiger partial charge in [-0.3, -0.25) is 14.7 Å². The normalized spacial score (nSPS) is 14.0. The molecule has 2 aromatic heterocycles. The zero-order chi connectivity index (χ0) is 24.9. The van der Waals surface area contributed by atoms with Crippen LogP contribution in [0, 0.1) is 0 Å². The van der Waals surface area contributed by atoms with Gasteiger partial charge >= 0.3 is 0 Å². The number of carbonyl (C=O) groups is 1. The van der Waals surface area contributed by atoms with Crippen LogP contribution in [0.25, 0.3) is 11.1 Å². The summed E-state index contributed by atoms with van der Waals surface area (Å²) >= 11 is 1.74. The number of anilines is 2. The number of methoxy groups -OCH3 is 1. The number of amides is 1. The van der Waals surface area contributed by atoms with E-state index < -0.39 is 0 Å². The summed E-state index contributed by atoms with van der Waals surface area (Å²) in [7, 11) is 1.62. The van der Waals surface area contributed by atoms with Crippen LogP contribution in [-0.4, -0.2) is 54.2 Å². The van der Waals surface area contributed by atoms with Crippen LogP contribution in [-0.2, 0) is 6.54 Å². The van der Waals surface area contributed by atoms with E-state index in [1.165, 1.54) is 11.1 Å². The molecule has 1 fully saturated rings. The molecule has 1 saturated heterocycles. The van der Waals surface area contributed by atoms with Gasteiger partial charge in [0.05, 0.1) is 13.3 Å². The zero-order valence-corrected chi connectivity index (χ0v) is 20.9. The third-order valence-corrected chi connectivity index (χ3v) is 7.23. The second-order valence-electron chi connectivity index (χ2n) is 8.73. The van der Waals surface area contributed by atoms with Crippen LogP contribution >= 0.6 is 11.3 Å². The van der Waals surface area contributed by atoms with Crippen molar-refractivity contribution in [1.82, 2.24) is 9.88 Å². The van der Waals surface area contributed by atoms with Gasteiger partial charge in [0.2, 0.25) is 0 Å². The Bertz CT molecular complexity index is 1310. The summed E-state index contributed by atoms with van der Waals surface area (Å²) in [6.07, 6.45) is 3.22. The molecule has 7 nitrogen and oxygen atoms in total. The van der Waals surface area contributed by atoms with Crippen LogP contribution in [0.1, 0.15) is 15.2 Å². The number of thiophene rings is 1. The fourth-order valence-corrected chi connectivity index (χ4v) is 5.22. The molecule has 1 amide bonds. The lowest BCUT2D eigenvalue weighted by atomic mass is 10.1. The molecule has 4 aromatic rings. The maximum absolute atomic E-state index is 12.6. The summed E-state index contributed by atoms with van der Waals surface area (Å²) in [5, 5.41) is 14.7. The largest absolute Gasteiger partial charge is 0.506 e. The topological polar surface area (TPSA) is 77.9 Å². The first-order valence-electron chi connectivity index (χ1n) is 11.8. The number of nitrogens with zero attached hydrogens (tertiary/aromatic N) is 3. The van der Waals surface area contributed by atoms with Crippen molar-refractivity contribution in [2.45, 2.75) is 6.54 Å². The molecule has 3 heterocycles. The lowest BCUT2D eigenvalue weighted by Crippen LogP contribution is -2.45. The number of rotatable bonds is 7. The van der Waals surface area contributed by atoms with Crippen LogP contribution in [0.4, 0.5) is 11.4 Å². The van der Waals surface area contributed by atoms with Gasteiger partial charge in [-0.05, 0) is 71.6 Å². The highest BCUT2D eigenvalue weighted by Gasteiger charge is 2.18. The van der Waals surface area contributed by atoms with E-state index in [9.17, 15) is 9.90 Å². The number of pyridine rings is 1. The van der Waals surface area contributed by atoms with E-state index >= 15 is 0 Å². The standard InChI is InChI=1S/C28H28N4O3S/c1-35-26-8-4-23(5-9-26)30-28(34)20-2-6-24(7-3-20)32-12-10-31(11-13-32)18-27-15-22(19-36-27)21-14-25(33)17-29-16-21/h2-9,14-17,19,33H,10-13,18H2,1H3,(H,30,34). The Kier molecular flexibility index (Phi) is 7.16. The van der Waals surface area contributed by atoms with Gasteiger partial charge in [0.15, 0.2) is 0 Å². The molecule has 36 heavy (non-hydrogen) atoms. The summed E-state index contributed by atoms with van der Waals surface area (Å²) in [6, 6.07) is 19.0. The van der Waals surface area contributed by atoms with E-state index in [-0.39, 0.29) is 11.7 Å². The van der Waals surface area contributed by atoms with E-state index in [1.54, 1.807) is 30.7 Å².